The van der Waals surface area contributed by atoms with Crippen LogP contribution in [0.4, 0.5) is 20.0 Å². The zero-order valence-electron chi connectivity index (χ0n) is 19.9. The van der Waals surface area contributed by atoms with E-state index in [9.17, 15) is 9.18 Å². The van der Waals surface area contributed by atoms with Crippen LogP contribution in [0, 0.1) is 0 Å². The van der Waals surface area contributed by atoms with Crippen molar-refractivity contribution < 1.29 is 13.9 Å². The minimum atomic E-state index is -1.07. The molecule has 0 aliphatic carbocycles. The van der Waals surface area contributed by atoms with Crippen molar-refractivity contribution in [1.82, 2.24) is 14.9 Å². The van der Waals surface area contributed by atoms with Gasteiger partial charge < -0.3 is 14.5 Å². The molecule has 4 rings (SSSR count). The Morgan fingerprint density at radius 1 is 1.09 bits per heavy atom. The molecule has 2 aliphatic rings. The highest BCUT2D eigenvalue weighted by Crippen LogP contribution is 2.39. The van der Waals surface area contributed by atoms with Crippen LogP contribution < -0.4 is 9.80 Å². The third-order valence-corrected chi connectivity index (χ3v) is 7.39. The van der Waals surface area contributed by atoms with Gasteiger partial charge in [0.15, 0.2) is 0 Å². The van der Waals surface area contributed by atoms with Gasteiger partial charge in [-0.05, 0) is 60.5 Å². The Balaban J connectivity index is 1.54. The molecule has 7 nitrogen and oxygen atoms in total. The standard InChI is InChI=1S/C23H34FN5O2S/c1-21(2,3)31-20(30)29-12-11-28(14-22(29,4)5)19-18-16(25-15-26-19)13-17(32-18)27-9-7-23(6,24)8-10-27/h13,15H,7-12,14H2,1-6H3. The Hall–Kier alpha value is -2.16. The average molecular weight is 464 g/mol. The topological polar surface area (TPSA) is 61.8 Å². The number of thiophene rings is 1. The Morgan fingerprint density at radius 2 is 1.78 bits per heavy atom. The first-order valence-corrected chi connectivity index (χ1v) is 12.1. The molecule has 0 aromatic carbocycles. The van der Waals surface area contributed by atoms with E-state index in [1.807, 2.05) is 25.7 Å². The van der Waals surface area contributed by atoms with Gasteiger partial charge in [0.1, 0.15) is 23.4 Å². The zero-order chi connectivity index (χ0) is 23.3. The SMILES string of the molecule is CC1(F)CCN(c2cc3ncnc(N4CCN(C(=O)OC(C)(C)C)C(C)(C)C4)c3s2)CC1. The fraction of sp³-hybridized carbons (Fsp3) is 0.696. The van der Waals surface area contributed by atoms with Gasteiger partial charge >= 0.3 is 6.09 Å². The molecule has 0 spiro atoms. The summed E-state index contributed by atoms with van der Waals surface area (Å²) < 4.78 is 20.9. The summed E-state index contributed by atoms with van der Waals surface area (Å²) in [4.78, 5) is 28.1. The van der Waals surface area contributed by atoms with Crippen molar-refractivity contribution in [3.63, 3.8) is 0 Å². The van der Waals surface area contributed by atoms with Crippen LogP contribution in [0.3, 0.4) is 0 Å². The highest BCUT2D eigenvalue weighted by Gasteiger charge is 2.40. The maximum Gasteiger partial charge on any atom is 0.410 e. The Bertz CT molecular complexity index is 990. The molecular weight excluding hydrogens is 429 g/mol. The lowest BCUT2D eigenvalue weighted by atomic mass is 9.96. The number of halogens is 1. The molecule has 2 aromatic rings. The maximum absolute atomic E-state index is 14.2. The number of amides is 1. The number of piperidine rings is 1. The summed E-state index contributed by atoms with van der Waals surface area (Å²) in [5.74, 6) is 0.899. The van der Waals surface area contributed by atoms with Crippen molar-refractivity contribution in [3.05, 3.63) is 12.4 Å². The molecule has 2 aliphatic heterocycles. The normalized spacial score (nSPS) is 21.2. The minimum absolute atomic E-state index is 0.279. The van der Waals surface area contributed by atoms with Gasteiger partial charge in [-0.2, -0.15) is 0 Å². The van der Waals surface area contributed by atoms with Crippen LogP contribution in [0.1, 0.15) is 54.4 Å². The van der Waals surface area contributed by atoms with E-state index >= 15 is 0 Å². The van der Waals surface area contributed by atoms with E-state index in [1.165, 1.54) is 0 Å². The number of anilines is 2. The molecule has 0 N–H and O–H groups in total. The summed E-state index contributed by atoms with van der Waals surface area (Å²) in [5, 5.41) is 1.11. The fourth-order valence-electron chi connectivity index (χ4n) is 4.39. The molecule has 0 bridgehead atoms. The second-order valence-electron chi connectivity index (χ2n) is 10.8. The maximum atomic E-state index is 14.2. The van der Waals surface area contributed by atoms with Gasteiger partial charge in [0.25, 0.3) is 0 Å². The number of hydrogen-bond acceptors (Lipinski definition) is 7. The first-order valence-electron chi connectivity index (χ1n) is 11.3. The van der Waals surface area contributed by atoms with Gasteiger partial charge in [-0.1, -0.05) is 0 Å². The summed E-state index contributed by atoms with van der Waals surface area (Å²) in [7, 11) is 0. The second-order valence-corrected chi connectivity index (χ2v) is 11.8. The number of hydrogen-bond donors (Lipinski definition) is 0. The van der Waals surface area contributed by atoms with Crippen molar-refractivity contribution in [2.24, 2.45) is 0 Å². The number of carbonyl (C=O) groups is 1. The monoisotopic (exact) mass is 463 g/mol. The number of fused-ring (bicyclic) bond motifs is 1. The van der Waals surface area contributed by atoms with Gasteiger partial charge in [-0.3, -0.25) is 4.90 Å². The third kappa shape index (κ3) is 4.77. The number of rotatable bonds is 2. The van der Waals surface area contributed by atoms with E-state index in [4.69, 9.17) is 4.74 Å². The second kappa shape index (κ2) is 8.01. The van der Waals surface area contributed by atoms with E-state index < -0.39 is 16.8 Å². The predicted octanol–water partition coefficient (Wildman–Crippen LogP) is 4.86. The van der Waals surface area contributed by atoms with E-state index in [0.717, 1.165) is 21.0 Å². The smallest absolute Gasteiger partial charge is 0.410 e. The number of alkyl halides is 1. The molecule has 1 amide bonds. The van der Waals surface area contributed by atoms with Gasteiger partial charge in [-0.25, -0.2) is 19.2 Å². The molecule has 2 aromatic heterocycles. The molecule has 4 heterocycles. The summed E-state index contributed by atoms with van der Waals surface area (Å²) in [5.41, 5.74) is -1.09. The van der Waals surface area contributed by atoms with Crippen molar-refractivity contribution in [2.75, 3.05) is 42.5 Å². The molecule has 2 fully saturated rings. The molecular formula is C23H34FN5O2S. The highest BCUT2D eigenvalue weighted by atomic mass is 32.1. The number of carbonyl (C=O) groups excluding carboxylic acids is 1. The van der Waals surface area contributed by atoms with E-state index in [0.29, 0.717) is 45.6 Å². The molecule has 0 unspecified atom stereocenters. The first-order chi connectivity index (χ1) is 14.8. The van der Waals surface area contributed by atoms with Gasteiger partial charge in [0.2, 0.25) is 0 Å². The number of ether oxygens (including phenoxy) is 1. The minimum Gasteiger partial charge on any atom is -0.444 e. The molecule has 32 heavy (non-hydrogen) atoms. The molecule has 9 heteroatoms. The third-order valence-electron chi connectivity index (χ3n) is 6.21. The highest BCUT2D eigenvalue weighted by molar-refractivity contribution is 7.23. The number of nitrogens with zero attached hydrogens (tertiary/aromatic N) is 5. The van der Waals surface area contributed by atoms with Gasteiger partial charge in [0, 0.05) is 32.7 Å². The lowest BCUT2D eigenvalue weighted by Crippen LogP contribution is -2.62. The molecule has 176 valence electrons. The van der Waals surface area contributed by atoms with Crippen LogP contribution in [0.2, 0.25) is 0 Å². The molecule has 0 radical (unpaired) electrons. The van der Waals surface area contributed by atoms with Crippen molar-refractivity contribution in [2.45, 2.75) is 71.2 Å². The van der Waals surface area contributed by atoms with Crippen LogP contribution in [-0.4, -0.2) is 70.5 Å². The molecule has 0 saturated carbocycles. The van der Waals surface area contributed by atoms with Crippen LogP contribution in [0.15, 0.2) is 12.4 Å². The summed E-state index contributed by atoms with van der Waals surface area (Å²) in [6.07, 6.45) is 2.41. The lowest BCUT2D eigenvalue weighted by Gasteiger charge is -2.47. The number of aromatic nitrogens is 2. The molecule has 2 saturated heterocycles. The van der Waals surface area contributed by atoms with Crippen molar-refractivity contribution >= 4 is 38.5 Å². The van der Waals surface area contributed by atoms with Gasteiger partial charge in [-0.15, -0.1) is 11.3 Å². The van der Waals surface area contributed by atoms with Crippen LogP contribution in [-0.2, 0) is 4.74 Å². The summed E-state index contributed by atoms with van der Waals surface area (Å²) >= 11 is 1.67. The Kier molecular flexibility index (Phi) is 5.76. The zero-order valence-corrected chi connectivity index (χ0v) is 20.8. The van der Waals surface area contributed by atoms with Crippen LogP contribution in [0.5, 0.6) is 0 Å². The van der Waals surface area contributed by atoms with Crippen molar-refractivity contribution in [1.29, 1.82) is 0 Å². The largest absolute Gasteiger partial charge is 0.444 e. The van der Waals surface area contributed by atoms with Crippen LogP contribution >= 0.6 is 11.3 Å². The molecule has 0 atom stereocenters. The summed E-state index contributed by atoms with van der Waals surface area (Å²) in [6.45, 7) is 14.8. The van der Waals surface area contributed by atoms with Crippen molar-refractivity contribution in [3.8, 4) is 0 Å². The van der Waals surface area contributed by atoms with Crippen LogP contribution in [0.25, 0.3) is 10.2 Å². The number of piperazine rings is 1. The Labute approximate surface area is 193 Å². The van der Waals surface area contributed by atoms with Gasteiger partial charge in [0.05, 0.1) is 20.8 Å². The fourth-order valence-corrected chi connectivity index (χ4v) is 5.58. The average Bonchev–Trinajstić information content (AvgIpc) is 3.09. The summed E-state index contributed by atoms with van der Waals surface area (Å²) in [6, 6.07) is 2.09. The van der Waals surface area contributed by atoms with E-state index in [-0.39, 0.29) is 6.09 Å². The Morgan fingerprint density at radius 3 is 2.41 bits per heavy atom. The first kappa shape index (κ1) is 23.0. The van der Waals surface area contributed by atoms with E-state index in [2.05, 4.69) is 39.7 Å². The van der Waals surface area contributed by atoms with E-state index in [1.54, 1.807) is 24.6 Å². The predicted molar refractivity (Wildman–Crippen MR) is 128 cm³/mol. The quantitative estimate of drug-likeness (QED) is 0.634. The lowest BCUT2D eigenvalue weighted by molar-refractivity contribution is 0.000334.